The molecule has 0 saturated carbocycles. The molecule has 0 unspecified atom stereocenters. The van der Waals surface area contributed by atoms with Crippen LogP contribution in [-0.4, -0.2) is 4.57 Å². The number of nitriles is 1. The molecule has 27 heavy (non-hydrogen) atoms. The highest BCUT2D eigenvalue weighted by molar-refractivity contribution is 6.30. The van der Waals surface area contributed by atoms with Crippen LogP contribution in [0.25, 0.3) is 27.6 Å². The van der Waals surface area contributed by atoms with Crippen LogP contribution < -0.4 is 5.56 Å². The third-order valence-electron chi connectivity index (χ3n) is 4.66. The van der Waals surface area contributed by atoms with Crippen LogP contribution in [0.5, 0.6) is 0 Å². The zero-order valence-corrected chi connectivity index (χ0v) is 15.4. The second-order valence-corrected chi connectivity index (χ2v) is 6.82. The van der Waals surface area contributed by atoms with Crippen LogP contribution in [-0.2, 0) is 0 Å². The van der Waals surface area contributed by atoms with E-state index < -0.39 is 0 Å². The van der Waals surface area contributed by atoms with Gasteiger partial charge in [-0.3, -0.25) is 9.36 Å². The topological polar surface area (TPSA) is 45.8 Å². The molecular weight excluding hydrogens is 356 g/mol. The van der Waals surface area contributed by atoms with E-state index in [2.05, 4.69) is 6.07 Å². The third kappa shape index (κ3) is 3.01. The number of pyridine rings is 1. The molecule has 0 atom stereocenters. The zero-order chi connectivity index (χ0) is 19.0. The number of fused-ring (bicyclic) bond motifs is 1. The maximum absolute atomic E-state index is 13.1. The summed E-state index contributed by atoms with van der Waals surface area (Å²) in [7, 11) is 0. The second kappa shape index (κ2) is 6.75. The minimum atomic E-state index is -0.0755. The zero-order valence-electron chi connectivity index (χ0n) is 14.6. The molecule has 0 bridgehead atoms. The number of hydrogen-bond donors (Lipinski definition) is 0. The molecule has 4 heteroatoms. The van der Waals surface area contributed by atoms with Crippen molar-refractivity contribution in [1.29, 1.82) is 5.26 Å². The van der Waals surface area contributed by atoms with Crippen LogP contribution in [0.4, 0.5) is 0 Å². The molecule has 3 aromatic carbocycles. The van der Waals surface area contributed by atoms with E-state index in [1.54, 1.807) is 28.8 Å². The molecule has 3 nitrogen and oxygen atoms in total. The molecule has 130 valence electrons. The van der Waals surface area contributed by atoms with Gasteiger partial charge < -0.3 is 0 Å². The Morgan fingerprint density at radius 2 is 1.67 bits per heavy atom. The van der Waals surface area contributed by atoms with E-state index in [0.717, 1.165) is 27.8 Å². The quantitative estimate of drug-likeness (QED) is 0.468. The number of aryl methyl sites for hydroxylation is 1. The lowest BCUT2D eigenvalue weighted by Gasteiger charge is -2.13. The van der Waals surface area contributed by atoms with Gasteiger partial charge in [0.2, 0.25) is 0 Å². The van der Waals surface area contributed by atoms with Crippen LogP contribution in [0.2, 0.25) is 5.02 Å². The second-order valence-electron chi connectivity index (χ2n) is 6.38. The Morgan fingerprint density at radius 3 is 2.33 bits per heavy atom. The van der Waals surface area contributed by atoms with Gasteiger partial charge in [0.1, 0.15) is 0 Å². The smallest absolute Gasteiger partial charge is 0.262 e. The maximum atomic E-state index is 13.1. The van der Waals surface area contributed by atoms with Gasteiger partial charge in [-0.2, -0.15) is 5.26 Å². The molecule has 4 rings (SSSR count). The molecule has 0 aliphatic rings. The summed E-state index contributed by atoms with van der Waals surface area (Å²) >= 11 is 5.97. The van der Waals surface area contributed by atoms with Gasteiger partial charge in [0, 0.05) is 22.3 Å². The van der Waals surface area contributed by atoms with E-state index in [0.29, 0.717) is 16.0 Å². The fraction of sp³-hybridized carbons (Fsp3) is 0.0435. The standard InChI is InChI=1S/C23H15ClN2O/c1-15-14-26(19-11-9-18(24)10-12-19)23(27)21-4-2-3-20(22(15)21)17-7-5-16(13-25)6-8-17/h2-12,14H,1H3. The fourth-order valence-corrected chi connectivity index (χ4v) is 3.49. The number of benzene rings is 3. The Balaban J connectivity index is 1.97. The number of rotatable bonds is 2. The number of nitrogens with zero attached hydrogens (tertiary/aromatic N) is 2. The molecular formula is C23H15ClN2O. The Kier molecular flexibility index (Phi) is 4.27. The van der Waals surface area contributed by atoms with Gasteiger partial charge in [0.25, 0.3) is 5.56 Å². The van der Waals surface area contributed by atoms with E-state index in [1.165, 1.54) is 0 Å². The molecule has 0 aliphatic carbocycles. The molecule has 0 spiro atoms. The third-order valence-corrected chi connectivity index (χ3v) is 4.91. The molecule has 1 aromatic heterocycles. The van der Waals surface area contributed by atoms with E-state index in [9.17, 15) is 4.79 Å². The molecule has 0 saturated heterocycles. The lowest BCUT2D eigenvalue weighted by Crippen LogP contribution is -2.18. The highest BCUT2D eigenvalue weighted by Gasteiger charge is 2.12. The number of aromatic nitrogens is 1. The van der Waals surface area contributed by atoms with Crippen molar-refractivity contribution in [2.75, 3.05) is 0 Å². The number of hydrogen-bond acceptors (Lipinski definition) is 2. The summed E-state index contributed by atoms with van der Waals surface area (Å²) < 4.78 is 1.65. The lowest BCUT2D eigenvalue weighted by molar-refractivity contribution is 0.997. The van der Waals surface area contributed by atoms with E-state index in [-0.39, 0.29) is 5.56 Å². The van der Waals surface area contributed by atoms with Crippen molar-refractivity contribution in [2.45, 2.75) is 6.92 Å². The predicted octanol–water partition coefficient (Wildman–Crippen LogP) is 5.49. The Morgan fingerprint density at radius 1 is 0.963 bits per heavy atom. The molecule has 0 aliphatic heterocycles. The van der Waals surface area contributed by atoms with Crippen LogP contribution in [0.15, 0.2) is 77.7 Å². The largest absolute Gasteiger partial charge is 0.284 e. The average molecular weight is 371 g/mol. The first-order valence-electron chi connectivity index (χ1n) is 8.50. The minimum Gasteiger partial charge on any atom is -0.284 e. The molecule has 4 aromatic rings. The van der Waals surface area contributed by atoms with Gasteiger partial charge in [-0.25, -0.2) is 0 Å². The summed E-state index contributed by atoms with van der Waals surface area (Å²) in [6.07, 6.45) is 1.86. The van der Waals surface area contributed by atoms with Crippen molar-refractivity contribution in [3.8, 4) is 22.9 Å². The molecule has 0 fully saturated rings. The average Bonchev–Trinajstić information content (AvgIpc) is 2.71. The highest BCUT2D eigenvalue weighted by atomic mass is 35.5. The minimum absolute atomic E-state index is 0.0755. The Labute approximate surface area is 161 Å². The predicted molar refractivity (Wildman–Crippen MR) is 109 cm³/mol. The first-order chi connectivity index (χ1) is 13.1. The first-order valence-corrected chi connectivity index (χ1v) is 8.88. The van der Waals surface area contributed by atoms with Crippen LogP contribution in [0.1, 0.15) is 11.1 Å². The summed E-state index contributed by atoms with van der Waals surface area (Å²) in [6, 6.07) is 22.5. The van der Waals surface area contributed by atoms with Crippen molar-refractivity contribution in [3.05, 3.63) is 99.4 Å². The normalized spacial score (nSPS) is 10.7. The Hall–Kier alpha value is -3.35. The van der Waals surface area contributed by atoms with Gasteiger partial charge in [-0.15, -0.1) is 0 Å². The van der Waals surface area contributed by atoms with Gasteiger partial charge in [-0.05, 0) is 71.5 Å². The Bertz CT molecular complexity index is 1250. The van der Waals surface area contributed by atoms with Crippen molar-refractivity contribution in [2.24, 2.45) is 0 Å². The van der Waals surface area contributed by atoms with Crippen molar-refractivity contribution in [1.82, 2.24) is 4.57 Å². The van der Waals surface area contributed by atoms with Crippen molar-refractivity contribution in [3.63, 3.8) is 0 Å². The van der Waals surface area contributed by atoms with Gasteiger partial charge in [-0.1, -0.05) is 35.9 Å². The van der Waals surface area contributed by atoms with E-state index >= 15 is 0 Å². The van der Waals surface area contributed by atoms with Crippen molar-refractivity contribution < 1.29 is 0 Å². The summed E-state index contributed by atoms with van der Waals surface area (Å²) in [4.78, 5) is 13.1. The van der Waals surface area contributed by atoms with Crippen LogP contribution >= 0.6 is 11.6 Å². The SMILES string of the molecule is Cc1cn(-c2ccc(Cl)cc2)c(=O)c2cccc(-c3ccc(C#N)cc3)c12. The van der Waals surface area contributed by atoms with Crippen LogP contribution in [0.3, 0.4) is 0 Å². The fourth-order valence-electron chi connectivity index (χ4n) is 3.36. The summed E-state index contributed by atoms with van der Waals surface area (Å²) in [5.41, 5.74) is 4.27. The van der Waals surface area contributed by atoms with E-state index in [4.69, 9.17) is 16.9 Å². The lowest BCUT2D eigenvalue weighted by atomic mass is 9.96. The monoisotopic (exact) mass is 370 g/mol. The molecule has 0 amide bonds. The molecule has 0 N–H and O–H groups in total. The first kappa shape index (κ1) is 17.1. The van der Waals surface area contributed by atoms with Gasteiger partial charge in [0.15, 0.2) is 0 Å². The van der Waals surface area contributed by atoms with Gasteiger partial charge >= 0.3 is 0 Å². The maximum Gasteiger partial charge on any atom is 0.262 e. The molecule has 1 heterocycles. The van der Waals surface area contributed by atoms with Crippen LogP contribution in [0, 0.1) is 18.3 Å². The van der Waals surface area contributed by atoms with E-state index in [1.807, 2.05) is 55.6 Å². The van der Waals surface area contributed by atoms with Crippen molar-refractivity contribution >= 4 is 22.4 Å². The van der Waals surface area contributed by atoms with Gasteiger partial charge in [0.05, 0.1) is 11.6 Å². The highest BCUT2D eigenvalue weighted by Crippen LogP contribution is 2.30. The number of halogens is 1. The summed E-state index contributed by atoms with van der Waals surface area (Å²) in [5.74, 6) is 0. The molecule has 0 radical (unpaired) electrons. The summed E-state index contributed by atoms with van der Waals surface area (Å²) in [5, 5.41) is 11.2. The summed E-state index contributed by atoms with van der Waals surface area (Å²) in [6.45, 7) is 2.00.